The normalized spacial score (nSPS) is 25.2. The standard InChI is InChI=1S/C15H21BrClN3/c16-13-2-1-12(15(17)9-13)10-19-6-3-14(11-19)20-7-4-18-5-8-20/h1-2,9,14,18H,3-8,10-11H2. The zero-order valence-corrected chi connectivity index (χ0v) is 14.0. The summed E-state index contributed by atoms with van der Waals surface area (Å²) in [5, 5.41) is 4.29. The van der Waals surface area contributed by atoms with Crippen LogP contribution in [0.1, 0.15) is 12.0 Å². The molecular formula is C15H21BrClN3. The second kappa shape index (κ2) is 6.75. The fourth-order valence-electron chi connectivity index (χ4n) is 3.19. The summed E-state index contributed by atoms with van der Waals surface area (Å²) in [4.78, 5) is 5.17. The molecule has 3 nitrogen and oxygen atoms in total. The van der Waals surface area contributed by atoms with Crippen LogP contribution in [0.5, 0.6) is 0 Å². The lowest BCUT2D eigenvalue weighted by molar-refractivity contribution is 0.170. The molecule has 0 saturated carbocycles. The summed E-state index contributed by atoms with van der Waals surface area (Å²) in [5.41, 5.74) is 1.23. The lowest BCUT2D eigenvalue weighted by Gasteiger charge is -2.32. The lowest BCUT2D eigenvalue weighted by Crippen LogP contribution is -2.49. The minimum atomic E-state index is 0.728. The molecule has 20 heavy (non-hydrogen) atoms. The molecule has 0 bridgehead atoms. The molecule has 0 aromatic heterocycles. The maximum Gasteiger partial charge on any atom is 0.0462 e. The molecule has 0 spiro atoms. The van der Waals surface area contributed by atoms with Crippen molar-refractivity contribution in [1.82, 2.24) is 15.1 Å². The van der Waals surface area contributed by atoms with Gasteiger partial charge in [-0.1, -0.05) is 33.6 Å². The highest BCUT2D eigenvalue weighted by Crippen LogP contribution is 2.25. The molecule has 0 amide bonds. The van der Waals surface area contributed by atoms with E-state index in [1.807, 2.05) is 6.07 Å². The molecule has 1 unspecified atom stereocenters. The number of rotatable bonds is 3. The number of benzene rings is 1. The third-order valence-corrected chi connectivity index (χ3v) is 5.17. The largest absolute Gasteiger partial charge is 0.314 e. The minimum absolute atomic E-state index is 0.728. The van der Waals surface area contributed by atoms with E-state index in [2.05, 4.69) is 43.2 Å². The van der Waals surface area contributed by atoms with Crippen molar-refractivity contribution in [2.45, 2.75) is 19.0 Å². The Morgan fingerprint density at radius 2 is 2.05 bits per heavy atom. The van der Waals surface area contributed by atoms with Crippen LogP contribution in [-0.4, -0.2) is 55.1 Å². The Balaban J connectivity index is 1.57. The van der Waals surface area contributed by atoms with Gasteiger partial charge in [0, 0.05) is 61.4 Å². The summed E-state index contributed by atoms with van der Waals surface area (Å²) in [6, 6.07) is 6.92. The third-order valence-electron chi connectivity index (χ3n) is 4.32. The van der Waals surface area contributed by atoms with E-state index in [1.54, 1.807) is 0 Å². The second-order valence-electron chi connectivity index (χ2n) is 5.70. The fourth-order valence-corrected chi connectivity index (χ4v) is 3.93. The smallest absolute Gasteiger partial charge is 0.0462 e. The zero-order valence-electron chi connectivity index (χ0n) is 11.6. The molecule has 0 radical (unpaired) electrons. The van der Waals surface area contributed by atoms with Crippen molar-refractivity contribution >= 4 is 27.5 Å². The summed E-state index contributed by atoms with van der Waals surface area (Å²) < 4.78 is 1.05. The van der Waals surface area contributed by atoms with Crippen LogP contribution in [-0.2, 0) is 6.54 Å². The quantitative estimate of drug-likeness (QED) is 0.896. The van der Waals surface area contributed by atoms with Crippen LogP contribution in [0.2, 0.25) is 5.02 Å². The van der Waals surface area contributed by atoms with Gasteiger partial charge in [0.2, 0.25) is 0 Å². The Kier molecular flexibility index (Phi) is 5.00. The molecule has 5 heteroatoms. The van der Waals surface area contributed by atoms with Gasteiger partial charge in [-0.3, -0.25) is 9.80 Å². The molecule has 2 aliphatic rings. The Morgan fingerprint density at radius 3 is 2.80 bits per heavy atom. The number of nitrogens with one attached hydrogen (secondary N) is 1. The van der Waals surface area contributed by atoms with Crippen LogP contribution in [0.25, 0.3) is 0 Å². The molecule has 1 atom stereocenters. The van der Waals surface area contributed by atoms with Crippen molar-refractivity contribution in [2.24, 2.45) is 0 Å². The van der Waals surface area contributed by atoms with E-state index < -0.39 is 0 Å². The molecule has 1 N–H and O–H groups in total. The highest BCUT2D eigenvalue weighted by Gasteiger charge is 2.28. The van der Waals surface area contributed by atoms with E-state index in [0.29, 0.717) is 0 Å². The van der Waals surface area contributed by atoms with E-state index in [9.17, 15) is 0 Å². The van der Waals surface area contributed by atoms with Gasteiger partial charge in [-0.25, -0.2) is 0 Å². The van der Waals surface area contributed by atoms with Crippen LogP contribution in [0.3, 0.4) is 0 Å². The number of hydrogen-bond donors (Lipinski definition) is 1. The third kappa shape index (κ3) is 3.55. The maximum absolute atomic E-state index is 6.32. The molecule has 2 aliphatic heterocycles. The number of halogens is 2. The van der Waals surface area contributed by atoms with E-state index in [0.717, 1.165) is 35.2 Å². The first-order valence-electron chi connectivity index (χ1n) is 7.33. The topological polar surface area (TPSA) is 18.5 Å². The summed E-state index contributed by atoms with van der Waals surface area (Å²) in [5.74, 6) is 0. The Labute approximate surface area is 134 Å². The molecule has 1 aromatic carbocycles. The van der Waals surface area contributed by atoms with Gasteiger partial charge in [0.05, 0.1) is 0 Å². The van der Waals surface area contributed by atoms with Gasteiger partial charge in [0.15, 0.2) is 0 Å². The van der Waals surface area contributed by atoms with Gasteiger partial charge in [-0.2, -0.15) is 0 Å². The van der Waals surface area contributed by atoms with Gasteiger partial charge in [-0.05, 0) is 24.1 Å². The number of hydrogen-bond acceptors (Lipinski definition) is 3. The lowest BCUT2D eigenvalue weighted by atomic mass is 10.2. The molecule has 2 saturated heterocycles. The monoisotopic (exact) mass is 357 g/mol. The van der Waals surface area contributed by atoms with Crippen molar-refractivity contribution in [3.8, 4) is 0 Å². The molecule has 1 aromatic rings. The fraction of sp³-hybridized carbons (Fsp3) is 0.600. The average Bonchev–Trinajstić information content (AvgIpc) is 2.92. The SMILES string of the molecule is Clc1cc(Br)ccc1CN1CCC(N2CCNCC2)C1. The predicted molar refractivity (Wildman–Crippen MR) is 87.3 cm³/mol. The Bertz CT molecular complexity index is 462. The number of likely N-dealkylation sites (tertiary alicyclic amines) is 1. The molecule has 3 rings (SSSR count). The summed E-state index contributed by atoms with van der Waals surface area (Å²) in [7, 11) is 0. The van der Waals surface area contributed by atoms with E-state index >= 15 is 0 Å². The summed E-state index contributed by atoms with van der Waals surface area (Å²) >= 11 is 9.78. The first kappa shape index (κ1) is 14.8. The van der Waals surface area contributed by atoms with Crippen molar-refractivity contribution in [3.63, 3.8) is 0 Å². The van der Waals surface area contributed by atoms with Gasteiger partial charge < -0.3 is 5.32 Å². The van der Waals surface area contributed by atoms with Gasteiger partial charge in [0.1, 0.15) is 0 Å². The van der Waals surface area contributed by atoms with Crippen molar-refractivity contribution in [3.05, 3.63) is 33.3 Å². The number of piperazine rings is 1. The average molecular weight is 359 g/mol. The predicted octanol–water partition coefficient (Wildman–Crippen LogP) is 2.58. The zero-order chi connectivity index (χ0) is 13.9. The van der Waals surface area contributed by atoms with Crippen LogP contribution in [0.15, 0.2) is 22.7 Å². The van der Waals surface area contributed by atoms with E-state index in [4.69, 9.17) is 11.6 Å². The van der Waals surface area contributed by atoms with E-state index in [1.165, 1.54) is 38.2 Å². The van der Waals surface area contributed by atoms with Gasteiger partial charge in [0.25, 0.3) is 0 Å². The highest BCUT2D eigenvalue weighted by molar-refractivity contribution is 9.10. The second-order valence-corrected chi connectivity index (χ2v) is 7.02. The van der Waals surface area contributed by atoms with Crippen molar-refractivity contribution in [2.75, 3.05) is 39.3 Å². The Hall–Kier alpha value is -0.130. The molecule has 2 fully saturated rings. The minimum Gasteiger partial charge on any atom is -0.314 e. The maximum atomic E-state index is 6.32. The molecule has 0 aliphatic carbocycles. The van der Waals surface area contributed by atoms with Crippen molar-refractivity contribution in [1.29, 1.82) is 0 Å². The first-order valence-corrected chi connectivity index (χ1v) is 8.50. The Morgan fingerprint density at radius 1 is 1.25 bits per heavy atom. The highest BCUT2D eigenvalue weighted by atomic mass is 79.9. The van der Waals surface area contributed by atoms with Crippen LogP contribution in [0, 0.1) is 0 Å². The molecule has 110 valence electrons. The van der Waals surface area contributed by atoms with Crippen LogP contribution >= 0.6 is 27.5 Å². The molecular weight excluding hydrogens is 338 g/mol. The van der Waals surface area contributed by atoms with Crippen LogP contribution in [0.4, 0.5) is 0 Å². The first-order chi connectivity index (χ1) is 9.72. The van der Waals surface area contributed by atoms with Gasteiger partial charge in [-0.15, -0.1) is 0 Å². The van der Waals surface area contributed by atoms with Crippen molar-refractivity contribution < 1.29 is 0 Å². The number of nitrogens with zero attached hydrogens (tertiary/aromatic N) is 2. The van der Waals surface area contributed by atoms with E-state index in [-0.39, 0.29) is 0 Å². The van der Waals surface area contributed by atoms with Crippen LogP contribution < -0.4 is 5.32 Å². The van der Waals surface area contributed by atoms with Gasteiger partial charge >= 0.3 is 0 Å². The molecule has 2 heterocycles. The summed E-state index contributed by atoms with van der Waals surface area (Å²) in [6.45, 7) is 7.97. The summed E-state index contributed by atoms with van der Waals surface area (Å²) in [6.07, 6.45) is 1.29.